The Balaban J connectivity index is 1.59. The molecule has 0 aliphatic carbocycles. The standard InChI is InChI=1S/C21H17Cl3N6O/c22-16-4-1-15(2-5-16)3-8-20-26-14-30(28-20)11-21(31,10-29-13-25-12-27-29)18-7-6-17(23)9-19(18)24/h1-9,12-14,31H,10-11H2. The van der Waals surface area contributed by atoms with Crippen LogP contribution >= 0.6 is 34.8 Å². The van der Waals surface area contributed by atoms with Crippen LogP contribution in [0.5, 0.6) is 0 Å². The molecule has 1 unspecified atom stereocenters. The molecule has 1 atom stereocenters. The van der Waals surface area contributed by atoms with E-state index in [9.17, 15) is 5.11 Å². The Kier molecular flexibility index (Phi) is 6.38. The van der Waals surface area contributed by atoms with Gasteiger partial charge in [-0.15, -0.1) is 0 Å². The third-order valence-corrected chi connectivity index (χ3v) is 5.40. The average molecular weight is 476 g/mol. The van der Waals surface area contributed by atoms with E-state index in [1.807, 2.05) is 30.3 Å². The molecule has 1 N–H and O–H groups in total. The van der Waals surface area contributed by atoms with Gasteiger partial charge in [0.25, 0.3) is 0 Å². The minimum absolute atomic E-state index is 0.0933. The lowest BCUT2D eigenvalue weighted by Crippen LogP contribution is -2.37. The van der Waals surface area contributed by atoms with E-state index in [0.29, 0.717) is 26.5 Å². The Bertz CT molecular complexity index is 1190. The molecule has 4 rings (SSSR count). The molecular weight excluding hydrogens is 459 g/mol. The summed E-state index contributed by atoms with van der Waals surface area (Å²) in [5.41, 5.74) is 0.0412. The summed E-state index contributed by atoms with van der Waals surface area (Å²) in [6, 6.07) is 12.4. The minimum atomic E-state index is -1.43. The quantitative estimate of drug-likeness (QED) is 0.423. The number of aromatic nitrogens is 6. The Morgan fingerprint density at radius 2 is 1.65 bits per heavy atom. The summed E-state index contributed by atoms with van der Waals surface area (Å²) in [7, 11) is 0. The van der Waals surface area contributed by atoms with Gasteiger partial charge in [-0.1, -0.05) is 59.1 Å². The second kappa shape index (κ2) is 9.20. The summed E-state index contributed by atoms with van der Waals surface area (Å²) in [6.07, 6.45) is 8.15. The zero-order valence-corrected chi connectivity index (χ0v) is 18.4. The third kappa shape index (κ3) is 5.32. The van der Waals surface area contributed by atoms with Crippen molar-refractivity contribution >= 4 is 47.0 Å². The van der Waals surface area contributed by atoms with Gasteiger partial charge in [-0.3, -0.25) is 0 Å². The number of aliphatic hydroxyl groups is 1. The summed E-state index contributed by atoms with van der Waals surface area (Å²) in [5.74, 6) is 0.500. The summed E-state index contributed by atoms with van der Waals surface area (Å²) in [5, 5.41) is 21.6. The lowest BCUT2D eigenvalue weighted by atomic mass is 9.93. The summed E-state index contributed by atoms with van der Waals surface area (Å²) in [6.45, 7) is 0.208. The Morgan fingerprint density at radius 1 is 0.903 bits per heavy atom. The molecule has 4 aromatic rings. The molecule has 0 saturated heterocycles. The Morgan fingerprint density at radius 3 is 2.35 bits per heavy atom. The van der Waals surface area contributed by atoms with Crippen LogP contribution in [0.4, 0.5) is 0 Å². The number of hydrogen-bond donors (Lipinski definition) is 1. The fourth-order valence-electron chi connectivity index (χ4n) is 3.14. The second-order valence-corrected chi connectivity index (χ2v) is 8.21. The van der Waals surface area contributed by atoms with Crippen LogP contribution in [-0.4, -0.2) is 34.6 Å². The first-order valence-corrected chi connectivity index (χ1v) is 10.4. The summed E-state index contributed by atoms with van der Waals surface area (Å²) in [4.78, 5) is 8.24. The van der Waals surface area contributed by atoms with Crippen LogP contribution in [0.15, 0.2) is 61.4 Å². The van der Waals surface area contributed by atoms with Crippen LogP contribution < -0.4 is 0 Å². The highest BCUT2D eigenvalue weighted by atomic mass is 35.5. The monoisotopic (exact) mass is 474 g/mol. The number of halogens is 3. The van der Waals surface area contributed by atoms with Gasteiger partial charge in [-0.2, -0.15) is 10.2 Å². The van der Waals surface area contributed by atoms with Crippen LogP contribution in [0.25, 0.3) is 12.2 Å². The predicted molar refractivity (Wildman–Crippen MR) is 121 cm³/mol. The average Bonchev–Trinajstić information content (AvgIpc) is 3.39. The lowest BCUT2D eigenvalue weighted by Gasteiger charge is -2.29. The van der Waals surface area contributed by atoms with Crippen molar-refractivity contribution in [3.05, 3.63) is 93.5 Å². The van der Waals surface area contributed by atoms with Crippen molar-refractivity contribution in [1.29, 1.82) is 0 Å². The minimum Gasteiger partial charge on any atom is -0.381 e. The van der Waals surface area contributed by atoms with Gasteiger partial charge in [-0.25, -0.2) is 19.3 Å². The zero-order valence-electron chi connectivity index (χ0n) is 16.1. The number of hydrogen-bond acceptors (Lipinski definition) is 5. The molecule has 31 heavy (non-hydrogen) atoms. The van der Waals surface area contributed by atoms with Crippen molar-refractivity contribution in [2.24, 2.45) is 0 Å². The molecule has 0 amide bonds. The fourth-order valence-corrected chi connectivity index (χ4v) is 3.85. The second-order valence-electron chi connectivity index (χ2n) is 6.93. The SMILES string of the molecule is OC(Cn1cncn1)(Cn1cnc(C=Cc2ccc(Cl)cc2)n1)c1ccc(Cl)cc1Cl. The van der Waals surface area contributed by atoms with E-state index in [0.717, 1.165) is 5.56 Å². The molecular formula is C21H17Cl3N6O. The van der Waals surface area contributed by atoms with Gasteiger partial charge < -0.3 is 5.11 Å². The smallest absolute Gasteiger partial charge is 0.173 e. The van der Waals surface area contributed by atoms with E-state index in [2.05, 4.69) is 20.2 Å². The van der Waals surface area contributed by atoms with Crippen LogP contribution in [0.2, 0.25) is 15.1 Å². The first kappa shape index (κ1) is 21.5. The van der Waals surface area contributed by atoms with E-state index in [1.165, 1.54) is 17.3 Å². The van der Waals surface area contributed by atoms with E-state index in [4.69, 9.17) is 34.8 Å². The van der Waals surface area contributed by atoms with Gasteiger partial charge in [0.2, 0.25) is 0 Å². The molecule has 158 valence electrons. The van der Waals surface area contributed by atoms with Crippen molar-refractivity contribution in [1.82, 2.24) is 29.5 Å². The Hall–Kier alpha value is -2.71. The van der Waals surface area contributed by atoms with E-state index in [-0.39, 0.29) is 13.1 Å². The molecule has 0 bridgehead atoms. The van der Waals surface area contributed by atoms with Crippen molar-refractivity contribution in [3.63, 3.8) is 0 Å². The fraction of sp³-hybridized carbons (Fsp3) is 0.143. The molecule has 2 heterocycles. The van der Waals surface area contributed by atoms with Gasteiger partial charge in [0.15, 0.2) is 5.82 Å². The van der Waals surface area contributed by atoms with Crippen LogP contribution in [0.1, 0.15) is 17.0 Å². The maximum absolute atomic E-state index is 11.6. The van der Waals surface area contributed by atoms with Crippen LogP contribution in [0, 0.1) is 0 Å². The van der Waals surface area contributed by atoms with Crippen molar-refractivity contribution in [2.75, 3.05) is 0 Å². The lowest BCUT2D eigenvalue weighted by molar-refractivity contribution is -0.00532. The van der Waals surface area contributed by atoms with Gasteiger partial charge in [-0.05, 0) is 35.9 Å². The van der Waals surface area contributed by atoms with Crippen LogP contribution in [0.3, 0.4) is 0 Å². The van der Waals surface area contributed by atoms with E-state index >= 15 is 0 Å². The first-order valence-electron chi connectivity index (χ1n) is 9.25. The maximum Gasteiger partial charge on any atom is 0.173 e. The highest BCUT2D eigenvalue weighted by molar-refractivity contribution is 6.35. The molecule has 0 aliphatic heterocycles. The molecule has 2 aromatic carbocycles. The molecule has 2 aromatic heterocycles. The third-order valence-electron chi connectivity index (χ3n) is 4.60. The first-order chi connectivity index (χ1) is 14.9. The van der Waals surface area contributed by atoms with E-state index in [1.54, 1.807) is 35.3 Å². The number of benzene rings is 2. The molecule has 0 aliphatic rings. The Labute approximate surface area is 193 Å². The van der Waals surface area contributed by atoms with E-state index < -0.39 is 5.60 Å². The molecule has 7 nitrogen and oxygen atoms in total. The molecule has 10 heteroatoms. The molecule has 0 fully saturated rings. The number of rotatable bonds is 7. The van der Waals surface area contributed by atoms with Crippen molar-refractivity contribution in [3.8, 4) is 0 Å². The van der Waals surface area contributed by atoms with Gasteiger partial charge in [0.1, 0.15) is 24.6 Å². The topological polar surface area (TPSA) is 81.6 Å². The molecule has 0 saturated carbocycles. The largest absolute Gasteiger partial charge is 0.381 e. The van der Waals surface area contributed by atoms with Gasteiger partial charge in [0.05, 0.1) is 13.1 Å². The van der Waals surface area contributed by atoms with Gasteiger partial charge in [0, 0.05) is 20.6 Å². The molecule has 0 spiro atoms. The maximum atomic E-state index is 11.6. The van der Waals surface area contributed by atoms with Crippen LogP contribution in [-0.2, 0) is 18.7 Å². The van der Waals surface area contributed by atoms with Crippen molar-refractivity contribution < 1.29 is 5.11 Å². The summed E-state index contributed by atoms with van der Waals surface area (Å²) >= 11 is 18.3. The highest BCUT2D eigenvalue weighted by Gasteiger charge is 2.34. The normalized spacial score (nSPS) is 13.5. The zero-order chi connectivity index (χ0) is 21.8. The number of nitrogens with zero attached hydrogens (tertiary/aromatic N) is 6. The van der Waals surface area contributed by atoms with Crippen molar-refractivity contribution in [2.45, 2.75) is 18.7 Å². The van der Waals surface area contributed by atoms with Gasteiger partial charge >= 0.3 is 0 Å². The predicted octanol–water partition coefficient (Wildman–Crippen LogP) is 4.59. The summed E-state index contributed by atoms with van der Waals surface area (Å²) < 4.78 is 3.09. The highest BCUT2D eigenvalue weighted by Crippen LogP contribution is 2.33. The molecule has 0 radical (unpaired) electrons.